The molecule has 2 heterocycles. The molecule has 5 heteroatoms. The van der Waals surface area contributed by atoms with Crippen LogP contribution in [0.3, 0.4) is 0 Å². The van der Waals surface area contributed by atoms with Gasteiger partial charge in [-0.05, 0) is 24.8 Å². The van der Waals surface area contributed by atoms with E-state index in [1.807, 2.05) is 12.1 Å². The van der Waals surface area contributed by atoms with Gasteiger partial charge in [-0.3, -0.25) is 0 Å². The van der Waals surface area contributed by atoms with E-state index in [2.05, 4.69) is 15.0 Å². The van der Waals surface area contributed by atoms with E-state index < -0.39 is 6.10 Å². The summed E-state index contributed by atoms with van der Waals surface area (Å²) in [6.45, 7) is 1.73. The summed E-state index contributed by atoms with van der Waals surface area (Å²) < 4.78 is 0. The van der Waals surface area contributed by atoms with Gasteiger partial charge in [0.05, 0.1) is 6.10 Å². The highest BCUT2D eigenvalue weighted by Crippen LogP contribution is 2.28. The minimum atomic E-state index is -0.517. The number of rotatable bonds is 3. The highest BCUT2D eigenvalue weighted by Gasteiger charge is 2.10. The second kappa shape index (κ2) is 4.46. The Bertz CT molecular complexity index is 428. The molecule has 1 atom stereocenters. The molecule has 4 nitrogen and oxygen atoms in total. The Morgan fingerprint density at radius 2 is 2.27 bits per heavy atom. The van der Waals surface area contributed by atoms with Crippen molar-refractivity contribution in [2.24, 2.45) is 0 Å². The third-order valence-corrected chi connectivity index (χ3v) is 2.87. The molecule has 0 unspecified atom stereocenters. The maximum Gasteiger partial charge on any atom is 0.171 e. The van der Waals surface area contributed by atoms with Gasteiger partial charge in [-0.25, -0.2) is 9.97 Å². The van der Waals surface area contributed by atoms with Crippen LogP contribution in [0.4, 0.5) is 0 Å². The van der Waals surface area contributed by atoms with Gasteiger partial charge >= 0.3 is 0 Å². The Labute approximate surface area is 91.8 Å². The summed E-state index contributed by atoms with van der Waals surface area (Å²) in [5.74, 6) is 0. The fourth-order valence-corrected chi connectivity index (χ4v) is 2.10. The number of nitrogens with zero attached hydrogens (tertiary/aromatic N) is 2. The summed E-state index contributed by atoms with van der Waals surface area (Å²) >= 11 is 1.41. The minimum absolute atomic E-state index is 0.517. The predicted octanol–water partition coefficient (Wildman–Crippen LogP) is 2.01. The SMILES string of the molecule is C[C@H](O)c1cccnc1Sc1ncc[nH]1. The smallest absolute Gasteiger partial charge is 0.171 e. The molecule has 2 aromatic rings. The van der Waals surface area contributed by atoms with Gasteiger partial charge in [-0.1, -0.05) is 6.07 Å². The van der Waals surface area contributed by atoms with E-state index in [1.54, 1.807) is 25.5 Å². The first-order valence-electron chi connectivity index (χ1n) is 4.57. The zero-order valence-electron chi connectivity index (χ0n) is 8.21. The molecule has 0 aromatic carbocycles. The van der Waals surface area contributed by atoms with Crippen LogP contribution in [0.1, 0.15) is 18.6 Å². The van der Waals surface area contributed by atoms with Gasteiger partial charge < -0.3 is 10.1 Å². The molecule has 0 bridgehead atoms. The Hall–Kier alpha value is -1.33. The largest absolute Gasteiger partial charge is 0.389 e. The van der Waals surface area contributed by atoms with Crippen LogP contribution in [0.25, 0.3) is 0 Å². The van der Waals surface area contributed by atoms with Crippen LogP contribution in [0, 0.1) is 0 Å². The number of aliphatic hydroxyl groups is 1. The van der Waals surface area contributed by atoms with Crippen molar-refractivity contribution in [1.82, 2.24) is 15.0 Å². The van der Waals surface area contributed by atoms with Crippen LogP contribution in [0.15, 0.2) is 40.9 Å². The second-order valence-electron chi connectivity index (χ2n) is 3.07. The number of aliphatic hydroxyl groups excluding tert-OH is 1. The third-order valence-electron chi connectivity index (χ3n) is 1.92. The molecule has 0 aliphatic heterocycles. The normalized spacial score (nSPS) is 12.7. The first-order chi connectivity index (χ1) is 7.27. The molecule has 78 valence electrons. The van der Waals surface area contributed by atoms with E-state index in [9.17, 15) is 5.11 Å². The number of aromatic nitrogens is 3. The summed E-state index contributed by atoms with van der Waals surface area (Å²) in [5.41, 5.74) is 0.818. The molecule has 0 aliphatic rings. The standard InChI is InChI=1S/C10H11N3OS/c1-7(14)8-3-2-4-11-9(8)15-10-12-5-6-13-10/h2-7,14H,1H3,(H,12,13)/t7-/m0/s1. The Morgan fingerprint density at radius 3 is 2.93 bits per heavy atom. The Morgan fingerprint density at radius 1 is 1.40 bits per heavy atom. The molecule has 0 radical (unpaired) electrons. The topological polar surface area (TPSA) is 61.8 Å². The number of imidazole rings is 1. The lowest BCUT2D eigenvalue weighted by Crippen LogP contribution is -1.96. The molecule has 0 fully saturated rings. The molecule has 2 rings (SSSR count). The Balaban J connectivity index is 2.28. The molecular weight excluding hydrogens is 210 g/mol. The molecule has 0 spiro atoms. The molecular formula is C10H11N3OS. The van der Waals surface area contributed by atoms with Gasteiger partial charge in [0.2, 0.25) is 0 Å². The zero-order chi connectivity index (χ0) is 10.7. The van der Waals surface area contributed by atoms with Gasteiger partial charge in [0, 0.05) is 24.2 Å². The fraction of sp³-hybridized carbons (Fsp3) is 0.200. The predicted molar refractivity (Wildman–Crippen MR) is 57.6 cm³/mol. The van der Waals surface area contributed by atoms with Crippen molar-refractivity contribution in [3.05, 3.63) is 36.3 Å². The molecule has 2 aromatic heterocycles. The summed E-state index contributed by atoms with van der Waals surface area (Å²) in [7, 11) is 0. The summed E-state index contributed by atoms with van der Waals surface area (Å²) in [5, 5.41) is 11.1. The van der Waals surface area contributed by atoms with Gasteiger partial charge in [-0.2, -0.15) is 0 Å². The molecule has 0 aliphatic carbocycles. The molecule has 0 amide bonds. The minimum Gasteiger partial charge on any atom is -0.389 e. The van der Waals surface area contributed by atoms with E-state index in [-0.39, 0.29) is 0 Å². The quantitative estimate of drug-likeness (QED) is 0.832. The average molecular weight is 221 g/mol. The van der Waals surface area contributed by atoms with Gasteiger partial charge in [0.15, 0.2) is 5.16 Å². The van der Waals surface area contributed by atoms with Crippen molar-refractivity contribution >= 4 is 11.8 Å². The lowest BCUT2D eigenvalue weighted by Gasteiger charge is -2.08. The van der Waals surface area contributed by atoms with Crippen LogP contribution >= 0.6 is 11.8 Å². The number of aromatic amines is 1. The third kappa shape index (κ3) is 2.37. The number of H-pyrrole nitrogens is 1. The van der Waals surface area contributed by atoms with Crippen LogP contribution in [-0.4, -0.2) is 20.1 Å². The van der Waals surface area contributed by atoms with Crippen LogP contribution in [0.5, 0.6) is 0 Å². The number of pyridine rings is 1. The summed E-state index contributed by atoms with van der Waals surface area (Å²) in [4.78, 5) is 11.3. The lowest BCUT2D eigenvalue weighted by molar-refractivity contribution is 0.195. The second-order valence-corrected chi connectivity index (χ2v) is 4.05. The Kier molecular flexibility index (Phi) is 3.03. The number of hydrogen-bond acceptors (Lipinski definition) is 4. The number of hydrogen-bond donors (Lipinski definition) is 2. The summed E-state index contributed by atoms with van der Waals surface area (Å²) in [6, 6.07) is 3.68. The van der Waals surface area contributed by atoms with Gasteiger partial charge in [0.1, 0.15) is 5.03 Å². The van der Waals surface area contributed by atoms with Crippen molar-refractivity contribution in [2.45, 2.75) is 23.2 Å². The van der Waals surface area contributed by atoms with E-state index in [1.165, 1.54) is 11.8 Å². The maximum absolute atomic E-state index is 9.55. The number of nitrogens with one attached hydrogen (secondary N) is 1. The highest BCUT2D eigenvalue weighted by atomic mass is 32.2. The molecule has 2 N–H and O–H groups in total. The van der Waals surface area contributed by atoms with Crippen molar-refractivity contribution in [3.8, 4) is 0 Å². The zero-order valence-corrected chi connectivity index (χ0v) is 9.03. The highest BCUT2D eigenvalue weighted by molar-refractivity contribution is 7.99. The van der Waals surface area contributed by atoms with Gasteiger partial charge in [-0.15, -0.1) is 0 Å². The molecule has 15 heavy (non-hydrogen) atoms. The van der Waals surface area contributed by atoms with Crippen molar-refractivity contribution < 1.29 is 5.11 Å². The maximum atomic E-state index is 9.55. The van der Waals surface area contributed by atoms with Crippen LogP contribution in [0.2, 0.25) is 0 Å². The molecule has 0 saturated heterocycles. The van der Waals surface area contributed by atoms with E-state index in [4.69, 9.17) is 0 Å². The van der Waals surface area contributed by atoms with Crippen molar-refractivity contribution in [2.75, 3.05) is 0 Å². The van der Waals surface area contributed by atoms with Crippen LogP contribution in [-0.2, 0) is 0 Å². The monoisotopic (exact) mass is 221 g/mol. The van der Waals surface area contributed by atoms with Crippen molar-refractivity contribution in [3.63, 3.8) is 0 Å². The van der Waals surface area contributed by atoms with E-state index >= 15 is 0 Å². The first-order valence-corrected chi connectivity index (χ1v) is 5.39. The van der Waals surface area contributed by atoms with Gasteiger partial charge in [0.25, 0.3) is 0 Å². The molecule has 0 saturated carbocycles. The summed E-state index contributed by atoms with van der Waals surface area (Å²) in [6.07, 6.45) is 4.63. The average Bonchev–Trinajstić information content (AvgIpc) is 2.71. The van der Waals surface area contributed by atoms with E-state index in [0.29, 0.717) is 0 Å². The first kappa shape index (κ1) is 10.2. The fourth-order valence-electron chi connectivity index (χ4n) is 1.20. The van der Waals surface area contributed by atoms with E-state index in [0.717, 1.165) is 15.7 Å². The van der Waals surface area contributed by atoms with Crippen LogP contribution < -0.4 is 0 Å². The van der Waals surface area contributed by atoms with Crippen molar-refractivity contribution in [1.29, 1.82) is 0 Å². The lowest BCUT2D eigenvalue weighted by atomic mass is 10.2.